The average Bonchev–Trinajstić information content (AvgIpc) is 2.46. The fraction of sp³-hybridized carbons (Fsp3) is 0.333. The lowest BCUT2D eigenvalue weighted by molar-refractivity contribution is 0.901. The van der Waals surface area contributed by atoms with E-state index in [9.17, 15) is 0 Å². The SMILES string of the molecule is CCC(C)SCc1nc(Cl)c(-c2ccc(Br)cc2)c(Cl)n1. The van der Waals surface area contributed by atoms with E-state index in [-0.39, 0.29) is 0 Å². The van der Waals surface area contributed by atoms with E-state index in [1.807, 2.05) is 24.3 Å². The van der Waals surface area contributed by atoms with Crippen LogP contribution in [0.5, 0.6) is 0 Å². The van der Waals surface area contributed by atoms with Gasteiger partial charge >= 0.3 is 0 Å². The molecule has 1 unspecified atom stereocenters. The molecule has 0 fully saturated rings. The van der Waals surface area contributed by atoms with Crippen LogP contribution in [-0.2, 0) is 5.75 Å². The van der Waals surface area contributed by atoms with Gasteiger partial charge < -0.3 is 0 Å². The van der Waals surface area contributed by atoms with Gasteiger partial charge in [-0.2, -0.15) is 11.8 Å². The molecule has 2 nitrogen and oxygen atoms in total. The molecule has 0 saturated carbocycles. The Labute approximate surface area is 147 Å². The number of thioether (sulfide) groups is 1. The van der Waals surface area contributed by atoms with Crippen molar-refractivity contribution in [1.29, 1.82) is 0 Å². The number of nitrogens with zero attached hydrogens (tertiary/aromatic N) is 2. The number of aromatic nitrogens is 2. The monoisotopic (exact) mass is 404 g/mol. The third-order valence-corrected chi connectivity index (χ3v) is 5.47. The van der Waals surface area contributed by atoms with Crippen LogP contribution in [0.25, 0.3) is 11.1 Å². The van der Waals surface area contributed by atoms with Crippen LogP contribution in [0.15, 0.2) is 28.7 Å². The van der Waals surface area contributed by atoms with E-state index in [1.54, 1.807) is 11.8 Å². The van der Waals surface area contributed by atoms with E-state index in [0.29, 0.717) is 26.9 Å². The van der Waals surface area contributed by atoms with Gasteiger partial charge in [0.2, 0.25) is 0 Å². The summed E-state index contributed by atoms with van der Waals surface area (Å²) in [7, 11) is 0. The van der Waals surface area contributed by atoms with Gasteiger partial charge in [-0.25, -0.2) is 9.97 Å². The molecule has 1 aromatic carbocycles. The lowest BCUT2D eigenvalue weighted by atomic mass is 10.1. The number of halogens is 3. The largest absolute Gasteiger partial charge is 0.220 e. The van der Waals surface area contributed by atoms with Gasteiger partial charge in [0.25, 0.3) is 0 Å². The van der Waals surface area contributed by atoms with Gasteiger partial charge in [-0.05, 0) is 24.1 Å². The highest BCUT2D eigenvalue weighted by molar-refractivity contribution is 9.10. The molecule has 0 amide bonds. The Morgan fingerprint density at radius 3 is 2.24 bits per heavy atom. The van der Waals surface area contributed by atoms with Crippen LogP contribution in [0.3, 0.4) is 0 Å². The van der Waals surface area contributed by atoms with Crippen LogP contribution in [0.1, 0.15) is 26.1 Å². The zero-order chi connectivity index (χ0) is 15.4. The molecule has 0 spiro atoms. The van der Waals surface area contributed by atoms with Gasteiger partial charge in [-0.15, -0.1) is 0 Å². The summed E-state index contributed by atoms with van der Waals surface area (Å²) >= 11 is 17.8. The van der Waals surface area contributed by atoms with E-state index < -0.39 is 0 Å². The Bertz CT molecular complexity index is 597. The highest BCUT2D eigenvalue weighted by Gasteiger charge is 2.14. The zero-order valence-electron chi connectivity index (χ0n) is 11.7. The lowest BCUT2D eigenvalue weighted by Gasteiger charge is -2.10. The smallest absolute Gasteiger partial charge is 0.142 e. The first-order valence-corrected chi connectivity index (χ1v) is 9.20. The first-order chi connectivity index (χ1) is 10.0. The molecule has 0 radical (unpaired) electrons. The predicted octanol–water partition coefficient (Wildman–Crippen LogP) is 6.24. The Balaban J connectivity index is 2.27. The van der Waals surface area contributed by atoms with Gasteiger partial charge in [0.05, 0.1) is 11.3 Å². The third-order valence-electron chi connectivity index (χ3n) is 3.07. The molecule has 0 aliphatic rings. The summed E-state index contributed by atoms with van der Waals surface area (Å²) in [4.78, 5) is 8.75. The number of hydrogen-bond acceptors (Lipinski definition) is 3. The van der Waals surface area contributed by atoms with E-state index in [0.717, 1.165) is 22.2 Å². The molecule has 0 aliphatic carbocycles. The summed E-state index contributed by atoms with van der Waals surface area (Å²) in [6.45, 7) is 4.35. The molecule has 2 aromatic rings. The fourth-order valence-corrected chi connectivity index (χ4v) is 3.41. The van der Waals surface area contributed by atoms with Gasteiger partial charge in [-0.3, -0.25) is 0 Å². The minimum Gasteiger partial charge on any atom is -0.220 e. The van der Waals surface area contributed by atoms with Gasteiger partial charge in [0.15, 0.2) is 0 Å². The Hall–Kier alpha value is -0.290. The molecule has 0 saturated heterocycles. The Morgan fingerprint density at radius 1 is 1.14 bits per heavy atom. The minimum atomic E-state index is 0.400. The summed E-state index contributed by atoms with van der Waals surface area (Å²) in [5.41, 5.74) is 1.59. The van der Waals surface area contributed by atoms with Crippen LogP contribution in [0.4, 0.5) is 0 Å². The Morgan fingerprint density at radius 2 is 1.71 bits per heavy atom. The molecule has 0 bridgehead atoms. The second-order valence-corrected chi connectivity index (χ2v) is 7.69. The second kappa shape index (κ2) is 7.82. The van der Waals surface area contributed by atoms with E-state index >= 15 is 0 Å². The van der Waals surface area contributed by atoms with Crippen LogP contribution in [-0.4, -0.2) is 15.2 Å². The van der Waals surface area contributed by atoms with Crippen molar-refractivity contribution in [2.75, 3.05) is 0 Å². The molecule has 2 rings (SSSR count). The topological polar surface area (TPSA) is 25.8 Å². The van der Waals surface area contributed by atoms with Crippen molar-refractivity contribution >= 4 is 50.9 Å². The maximum Gasteiger partial charge on any atom is 0.142 e. The number of benzene rings is 1. The molecule has 112 valence electrons. The summed E-state index contributed by atoms with van der Waals surface area (Å²) in [5.74, 6) is 1.39. The van der Waals surface area contributed by atoms with Gasteiger partial charge in [0.1, 0.15) is 16.1 Å². The highest BCUT2D eigenvalue weighted by Crippen LogP contribution is 2.33. The molecule has 21 heavy (non-hydrogen) atoms. The summed E-state index contributed by atoms with van der Waals surface area (Å²) < 4.78 is 1.00. The van der Waals surface area contributed by atoms with Crippen LogP contribution in [0.2, 0.25) is 10.3 Å². The fourth-order valence-electron chi connectivity index (χ4n) is 1.70. The highest BCUT2D eigenvalue weighted by atomic mass is 79.9. The standard InChI is InChI=1S/C15H15BrCl2N2S/c1-3-9(2)21-8-12-19-14(17)13(15(18)20-12)10-4-6-11(16)7-5-10/h4-7,9H,3,8H2,1-2H3. The second-order valence-electron chi connectivity index (χ2n) is 4.63. The van der Waals surface area contributed by atoms with Crippen LogP contribution < -0.4 is 0 Å². The molecular formula is C15H15BrCl2N2S. The Kier molecular flexibility index (Phi) is 6.35. The molecule has 0 N–H and O–H groups in total. The molecular weight excluding hydrogens is 391 g/mol. The van der Waals surface area contributed by atoms with Crippen molar-refractivity contribution in [3.05, 3.63) is 44.9 Å². The van der Waals surface area contributed by atoms with Crippen molar-refractivity contribution in [3.8, 4) is 11.1 Å². The molecule has 1 aromatic heterocycles. The zero-order valence-corrected chi connectivity index (χ0v) is 15.7. The first kappa shape index (κ1) is 17.1. The quantitative estimate of drug-likeness (QED) is 0.550. The van der Waals surface area contributed by atoms with Crippen molar-refractivity contribution in [2.45, 2.75) is 31.3 Å². The summed E-state index contributed by atoms with van der Waals surface area (Å²) in [6, 6.07) is 7.76. The maximum absolute atomic E-state index is 6.30. The normalized spacial score (nSPS) is 12.4. The van der Waals surface area contributed by atoms with E-state index in [2.05, 4.69) is 39.7 Å². The van der Waals surface area contributed by atoms with Crippen molar-refractivity contribution in [1.82, 2.24) is 9.97 Å². The van der Waals surface area contributed by atoms with Crippen molar-refractivity contribution in [2.24, 2.45) is 0 Å². The molecule has 0 aliphatic heterocycles. The van der Waals surface area contributed by atoms with Gasteiger partial charge in [0, 0.05) is 9.72 Å². The lowest BCUT2D eigenvalue weighted by Crippen LogP contribution is -2.00. The van der Waals surface area contributed by atoms with E-state index in [1.165, 1.54) is 0 Å². The number of rotatable bonds is 5. The van der Waals surface area contributed by atoms with Crippen molar-refractivity contribution in [3.63, 3.8) is 0 Å². The van der Waals surface area contributed by atoms with E-state index in [4.69, 9.17) is 23.2 Å². The van der Waals surface area contributed by atoms with Crippen molar-refractivity contribution < 1.29 is 0 Å². The summed E-state index contributed by atoms with van der Waals surface area (Å²) in [5, 5.41) is 1.37. The third kappa shape index (κ3) is 4.59. The first-order valence-electron chi connectivity index (χ1n) is 6.60. The molecule has 1 atom stereocenters. The number of hydrogen-bond donors (Lipinski definition) is 0. The minimum absolute atomic E-state index is 0.400. The summed E-state index contributed by atoms with van der Waals surface area (Å²) in [6.07, 6.45) is 1.11. The molecule has 1 heterocycles. The maximum atomic E-state index is 6.30. The molecule has 6 heteroatoms. The predicted molar refractivity (Wildman–Crippen MR) is 96.2 cm³/mol. The average molecular weight is 406 g/mol. The van der Waals surface area contributed by atoms with Crippen LogP contribution in [0, 0.1) is 0 Å². The van der Waals surface area contributed by atoms with Gasteiger partial charge in [-0.1, -0.05) is 65.1 Å². The van der Waals surface area contributed by atoms with Crippen LogP contribution >= 0.6 is 50.9 Å².